The molecule has 0 saturated heterocycles. The summed E-state index contributed by atoms with van der Waals surface area (Å²) in [7, 11) is 0. The van der Waals surface area contributed by atoms with Crippen LogP contribution in [-0.2, 0) is 17.9 Å². The predicted octanol–water partition coefficient (Wildman–Crippen LogP) is 2.86. The average molecular weight is 368 g/mol. The van der Waals surface area contributed by atoms with E-state index in [1.165, 1.54) is 17.0 Å². The van der Waals surface area contributed by atoms with Crippen molar-refractivity contribution in [1.29, 1.82) is 0 Å². The Hall–Kier alpha value is -3.03. The van der Waals surface area contributed by atoms with Crippen molar-refractivity contribution >= 4 is 22.1 Å². The van der Waals surface area contributed by atoms with Gasteiger partial charge in [-0.15, -0.1) is 0 Å². The Morgan fingerprint density at radius 3 is 2.81 bits per heavy atom. The standard InChI is InChI=1S/C20H17FN2O4/c21-16-7-3-1-5-13(16)10-26-11-14(24)9-23-12-22-18-15-6-2-4-8-17(15)27-19(18)20(23)25/h1-8,12,14,24H,9-11H2/t14-/m0/s1. The molecule has 0 aliphatic carbocycles. The number of aliphatic hydroxyl groups is 1. The van der Waals surface area contributed by atoms with Gasteiger partial charge in [0.2, 0.25) is 5.58 Å². The fourth-order valence-electron chi connectivity index (χ4n) is 2.95. The Morgan fingerprint density at radius 2 is 1.96 bits per heavy atom. The summed E-state index contributed by atoms with van der Waals surface area (Å²) in [6.07, 6.45) is 0.435. The summed E-state index contributed by atoms with van der Waals surface area (Å²) in [5, 5.41) is 10.9. The van der Waals surface area contributed by atoms with Crippen LogP contribution in [0.2, 0.25) is 0 Å². The first kappa shape index (κ1) is 17.4. The highest BCUT2D eigenvalue weighted by Crippen LogP contribution is 2.24. The van der Waals surface area contributed by atoms with Gasteiger partial charge in [-0.3, -0.25) is 9.36 Å². The van der Waals surface area contributed by atoms with E-state index in [0.29, 0.717) is 16.7 Å². The average Bonchev–Trinajstić information content (AvgIpc) is 3.05. The van der Waals surface area contributed by atoms with Crippen LogP contribution < -0.4 is 5.56 Å². The summed E-state index contributed by atoms with van der Waals surface area (Å²) >= 11 is 0. The van der Waals surface area contributed by atoms with Gasteiger partial charge in [-0.25, -0.2) is 9.37 Å². The Kier molecular flexibility index (Phi) is 4.70. The second-order valence-electron chi connectivity index (χ2n) is 6.24. The highest BCUT2D eigenvalue weighted by molar-refractivity contribution is 6.01. The topological polar surface area (TPSA) is 77.5 Å². The number of ether oxygens (including phenoxy) is 1. The quantitative estimate of drug-likeness (QED) is 0.566. The maximum absolute atomic E-state index is 13.5. The number of hydrogen-bond donors (Lipinski definition) is 1. The highest BCUT2D eigenvalue weighted by Gasteiger charge is 2.15. The van der Waals surface area contributed by atoms with Crippen LogP contribution in [0.4, 0.5) is 4.39 Å². The zero-order chi connectivity index (χ0) is 18.8. The van der Waals surface area contributed by atoms with E-state index in [1.54, 1.807) is 24.3 Å². The third kappa shape index (κ3) is 3.47. The number of nitrogens with zero attached hydrogens (tertiary/aromatic N) is 2. The molecule has 2 aromatic carbocycles. The number of benzene rings is 2. The van der Waals surface area contributed by atoms with E-state index in [1.807, 2.05) is 18.2 Å². The van der Waals surface area contributed by atoms with E-state index in [9.17, 15) is 14.3 Å². The lowest BCUT2D eigenvalue weighted by Crippen LogP contribution is -2.29. The molecule has 1 N–H and O–H groups in total. The van der Waals surface area contributed by atoms with Gasteiger partial charge < -0.3 is 14.3 Å². The molecule has 7 heteroatoms. The summed E-state index contributed by atoms with van der Waals surface area (Å²) in [6.45, 7) is -0.00543. The Labute approximate surface area is 153 Å². The molecule has 4 aromatic rings. The largest absolute Gasteiger partial charge is 0.448 e. The maximum Gasteiger partial charge on any atom is 0.297 e. The van der Waals surface area contributed by atoms with Gasteiger partial charge >= 0.3 is 0 Å². The molecule has 0 aliphatic rings. The molecule has 2 heterocycles. The summed E-state index contributed by atoms with van der Waals surface area (Å²) < 4.78 is 25.8. The minimum atomic E-state index is -0.946. The van der Waals surface area contributed by atoms with Crippen LogP contribution in [0, 0.1) is 5.82 Å². The lowest BCUT2D eigenvalue weighted by molar-refractivity contribution is 0.0189. The van der Waals surface area contributed by atoms with E-state index in [4.69, 9.17) is 9.15 Å². The van der Waals surface area contributed by atoms with Crippen molar-refractivity contribution in [2.45, 2.75) is 19.3 Å². The molecule has 0 aliphatic heterocycles. The van der Waals surface area contributed by atoms with Crippen LogP contribution in [0.1, 0.15) is 5.56 Å². The maximum atomic E-state index is 13.5. The molecular weight excluding hydrogens is 351 g/mol. The second kappa shape index (κ2) is 7.30. The number of para-hydroxylation sites is 1. The first-order valence-corrected chi connectivity index (χ1v) is 8.49. The van der Waals surface area contributed by atoms with Gasteiger partial charge in [0, 0.05) is 10.9 Å². The first-order chi connectivity index (χ1) is 13.1. The number of furan rings is 1. The van der Waals surface area contributed by atoms with Crippen molar-refractivity contribution in [3.63, 3.8) is 0 Å². The zero-order valence-electron chi connectivity index (χ0n) is 14.3. The zero-order valence-corrected chi connectivity index (χ0v) is 14.3. The van der Waals surface area contributed by atoms with Crippen molar-refractivity contribution in [1.82, 2.24) is 9.55 Å². The number of hydrogen-bond acceptors (Lipinski definition) is 5. The smallest absolute Gasteiger partial charge is 0.297 e. The summed E-state index contributed by atoms with van der Waals surface area (Å²) in [5.74, 6) is -0.359. The third-order valence-corrected chi connectivity index (χ3v) is 4.28. The second-order valence-corrected chi connectivity index (χ2v) is 6.24. The predicted molar refractivity (Wildman–Crippen MR) is 97.8 cm³/mol. The van der Waals surface area contributed by atoms with Crippen LogP contribution in [0.3, 0.4) is 0 Å². The van der Waals surface area contributed by atoms with E-state index >= 15 is 0 Å². The van der Waals surface area contributed by atoms with Gasteiger partial charge in [0.15, 0.2) is 0 Å². The van der Waals surface area contributed by atoms with Crippen LogP contribution >= 0.6 is 0 Å². The number of fused-ring (bicyclic) bond motifs is 3. The first-order valence-electron chi connectivity index (χ1n) is 8.49. The normalized spacial score (nSPS) is 12.7. The van der Waals surface area contributed by atoms with E-state index < -0.39 is 6.10 Å². The fourth-order valence-corrected chi connectivity index (χ4v) is 2.95. The number of aromatic nitrogens is 2. The molecule has 0 spiro atoms. The van der Waals surface area contributed by atoms with Gasteiger partial charge in [-0.1, -0.05) is 30.3 Å². The summed E-state index contributed by atoms with van der Waals surface area (Å²) in [4.78, 5) is 16.9. The molecule has 27 heavy (non-hydrogen) atoms. The van der Waals surface area contributed by atoms with Gasteiger partial charge in [-0.2, -0.15) is 0 Å². The molecule has 2 aromatic heterocycles. The third-order valence-electron chi connectivity index (χ3n) is 4.28. The molecule has 138 valence electrons. The van der Waals surface area contributed by atoms with E-state index in [2.05, 4.69) is 4.98 Å². The van der Waals surface area contributed by atoms with Crippen LogP contribution in [-0.4, -0.2) is 27.4 Å². The van der Waals surface area contributed by atoms with Gasteiger partial charge in [-0.05, 0) is 18.2 Å². The van der Waals surface area contributed by atoms with Gasteiger partial charge in [0.05, 0.1) is 32.2 Å². The van der Waals surface area contributed by atoms with E-state index in [0.717, 1.165) is 5.39 Å². The molecule has 4 rings (SSSR count). The van der Waals surface area contributed by atoms with E-state index in [-0.39, 0.29) is 36.7 Å². The molecular formula is C20H17FN2O4. The summed E-state index contributed by atoms with van der Waals surface area (Å²) in [6, 6.07) is 13.6. The monoisotopic (exact) mass is 368 g/mol. The number of aliphatic hydroxyl groups excluding tert-OH is 1. The minimum Gasteiger partial charge on any atom is -0.448 e. The minimum absolute atomic E-state index is 0.00388. The van der Waals surface area contributed by atoms with Crippen molar-refractivity contribution in [3.05, 3.63) is 76.6 Å². The highest BCUT2D eigenvalue weighted by atomic mass is 19.1. The van der Waals surface area contributed by atoms with Crippen LogP contribution in [0.5, 0.6) is 0 Å². The molecule has 0 unspecified atom stereocenters. The van der Waals surface area contributed by atoms with Gasteiger partial charge in [0.1, 0.15) is 16.9 Å². The molecule has 1 atom stereocenters. The number of halogens is 1. The molecule has 0 bridgehead atoms. The molecule has 0 fully saturated rings. The lowest BCUT2D eigenvalue weighted by atomic mass is 10.2. The lowest BCUT2D eigenvalue weighted by Gasteiger charge is -2.13. The van der Waals surface area contributed by atoms with Gasteiger partial charge in [0.25, 0.3) is 5.56 Å². The fraction of sp³-hybridized carbons (Fsp3) is 0.200. The number of rotatable bonds is 6. The van der Waals surface area contributed by atoms with Crippen molar-refractivity contribution < 1.29 is 18.7 Å². The molecule has 0 amide bonds. The molecule has 6 nitrogen and oxygen atoms in total. The Morgan fingerprint density at radius 1 is 1.19 bits per heavy atom. The summed E-state index contributed by atoms with van der Waals surface area (Å²) in [5.41, 5.74) is 1.27. The van der Waals surface area contributed by atoms with Crippen molar-refractivity contribution in [3.8, 4) is 0 Å². The Balaban J connectivity index is 1.46. The SMILES string of the molecule is O=c1c2oc3ccccc3c2ncn1C[C@H](O)COCc1ccccc1F. The molecule has 0 saturated carbocycles. The Bertz CT molecular complexity index is 1150. The van der Waals surface area contributed by atoms with Crippen molar-refractivity contribution in [2.24, 2.45) is 0 Å². The van der Waals surface area contributed by atoms with Crippen LogP contribution in [0.15, 0.2) is 64.1 Å². The van der Waals surface area contributed by atoms with Crippen molar-refractivity contribution in [2.75, 3.05) is 6.61 Å². The van der Waals surface area contributed by atoms with Crippen LogP contribution in [0.25, 0.3) is 22.1 Å². The molecule has 0 radical (unpaired) electrons.